The van der Waals surface area contributed by atoms with E-state index in [2.05, 4.69) is 5.10 Å². The standard InChI is InChI=1S/C18H19ClFN5O/c1-24-11-13(10-21-24)25-17(9-14-15(19)3-2-4-16(14)20)22-18(23-25)12-5-7-26-8-6-12/h2-4,10-12H,5-9H2,1H3. The minimum Gasteiger partial charge on any atom is -0.381 e. The Bertz CT molecular complexity index is 896. The summed E-state index contributed by atoms with van der Waals surface area (Å²) < 4.78 is 23.1. The zero-order valence-electron chi connectivity index (χ0n) is 14.4. The Kier molecular flexibility index (Phi) is 4.74. The van der Waals surface area contributed by atoms with Gasteiger partial charge in [0.15, 0.2) is 5.82 Å². The van der Waals surface area contributed by atoms with Crippen molar-refractivity contribution in [1.82, 2.24) is 24.5 Å². The molecule has 1 fully saturated rings. The summed E-state index contributed by atoms with van der Waals surface area (Å²) in [5, 5.41) is 9.30. The zero-order chi connectivity index (χ0) is 18.1. The predicted molar refractivity (Wildman–Crippen MR) is 95.1 cm³/mol. The molecule has 0 aliphatic carbocycles. The highest BCUT2D eigenvalue weighted by Crippen LogP contribution is 2.27. The molecular formula is C18H19ClFN5O. The third-order valence-electron chi connectivity index (χ3n) is 4.61. The van der Waals surface area contributed by atoms with E-state index in [0.717, 1.165) is 24.4 Å². The van der Waals surface area contributed by atoms with Gasteiger partial charge < -0.3 is 4.74 Å². The van der Waals surface area contributed by atoms with Gasteiger partial charge in [0.05, 0.1) is 12.4 Å². The monoisotopic (exact) mass is 375 g/mol. The van der Waals surface area contributed by atoms with Crippen molar-refractivity contribution in [2.75, 3.05) is 13.2 Å². The second kappa shape index (κ2) is 7.17. The maximum Gasteiger partial charge on any atom is 0.154 e. The van der Waals surface area contributed by atoms with Crippen LogP contribution in [0.5, 0.6) is 0 Å². The Morgan fingerprint density at radius 2 is 2.12 bits per heavy atom. The molecule has 1 aliphatic rings. The third kappa shape index (κ3) is 3.37. The highest BCUT2D eigenvalue weighted by atomic mass is 35.5. The highest BCUT2D eigenvalue weighted by molar-refractivity contribution is 6.31. The van der Waals surface area contributed by atoms with Gasteiger partial charge in [-0.15, -0.1) is 0 Å². The van der Waals surface area contributed by atoms with E-state index in [1.165, 1.54) is 6.07 Å². The highest BCUT2D eigenvalue weighted by Gasteiger charge is 2.24. The number of hydrogen-bond donors (Lipinski definition) is 0. The van der Waals surface area contributed by atoms with Crippen LogP contribution in [-0.4, -0.2) is 37.8 Å². The first-order valence-corrected chi connectivity index (χ1v) is 8.95. The lowest BCUT2D eigenvalue weighted by Crippen LogP contribution is -2.15. The quantitative estimate of drug-likeness (QED) is 0.702. The van der Waals surface area contributed by atoms with E-state index in [1.807, 2.05) is 13.2 Å². The average Bonchev–Trinajstić information content (AvgIpc) is 3.25. The maximum atomic E-state index is 14.3. The van der Waals surface area contributed by atoms with E-state index in [4.69, 9.17) is 26.4 Å². The van der Waals surface area contributed by atoms with Crippen LogP contribution in [0.1, 0.15) is 36.0 Å². The molecule has 3 heterocycles. The molecule has 0 spiro atoms. The molecule has 26 heavy (non-hydrogen) atoms. The van der Waals surface area contributed by atoms with Crippen molar-refractivity contribution in [2.24, 2.45) is 7.05 Å². The first-order chi connectivity index (χ1) is 12.6. The minimum absolute atomic E-state index is 0.247. The van der Waals surface area contributed by atoms with Gasteiger partial charge in [-0.2, -0.15) is 10.2 Å². The topological polar surface area (TPSA) is 57.8 Å². The summed E-state index contributed by atoms with van der Waals surface area (Å²) in [6.45, 7) is 1.42. The molecule has 0 atom stereocenters. The Balaban J connectivity index is 1.75. The van der Waals surface area contributed by atoms with E-state index < -0.39 is 0 Å². The number of aryl methyl sites for hydroxylation is 1. The predicted octanol–water partition coefficient (Wildman–Crippen LogP) is 3.28. The molecule has 0 N–H and O–H groups in total. The smallest absolute Gasteiger partial charge is 0.154 e. The second-order valence-electron chi connectivity index (χ2n) is 6.43. The minimum atomic E-state index is -0.342. The van der Waals surface area contributed by atoms with Crippen molar-refractivity contribution in [1.29, 1.82) is 0 Å². The molecule has 0 saturated carbocycles. The molecule has 3 aromatic rings. The number of rotatable bonds is 4. The van der Waals surface area contributed by atoms with Gasteiger partial charge in [0.1, 0.15) is 17.3 Å². The van der Waals surface area contributed by atoms with Crippen molar-refractivity contribution in [3.8, 4) is 5.69 Å². The summed E-state index contributed by atoms with van der Waals surface area (Å²) in [6, 6.07) is 4.69. The molecule has 0 bridgehead atoms. The number of ether oxygens (including phenoxy) is 1. The summed E-state index contributed by atoms with van der Waals surface area (Å²) >= 11 is 6.21. The van der Waals surface area contributed by atoms with Crippen molar-refractivity contribution in [3.63, 3.8) is 0 Å². The fourth-order valence-electron chi connectivity index (χ4n) is 3.19. The van der Waals surface area contributed by atoms with Crippen LogP contribution in [0, 0.1) is 5.82 Å². The van der Waals surface area contributed by atoms with Gasteiger partial charge in [-0.05, 0) is 25.0 Å². The fourth-order valence-corrected chi connectivity index (χ4v) is 3.42. The average molecular weight is 376 g/mol. The lowest BCUT2D eigenvalue weighted by Gasteiger charge is -2.18. The van der Waals surface area contributed by atoms with E-state index in [9.17, 15) is 4.39 Å². The molecule has 4 rings (SSSR count). The van der Waals surface area contributed by atoms with Crippen LogP contribution >= 0.6 is 11.6 Å². The van der Waals surface area contributed by atoms with E-state index in [0.29, 0.717) is 29.6 Å². The molecule has 2 aromatic heterocycles. The van der Waals surface area contributed by atoms with Crippen LogP contribution < -0.4 is 0 Å². The van der Waals surface area contributed by atoms with Crippen LogP contribution in [0.25, 0.3) is 5.69 Å². The molecule has 0 unspecified atom stereocenters. The third-order valence-corrected chi connectivity index (χ3v) is 4.96. The first-order valence-electron chi connectivity index (χ1n) is 8.57. The van der Waals surface area contributed by atoms with Gasteiger partial charge in [-0.3, -0.25) is 4.68 Å². The molecule has 1 aromatic carbocycles. The summed E-state index contributed by atoms with van der Waals surface area (Å²) in [7, 11) is 1.84. The molecule has 0 radical (unpaired) electrons. The van der Waals surface area contributed by atoms with Gasteiger partial charge >= 0.3 is 0 Å². The Morgan fingerprint density at radius 3 is 2.81 bits per heavy atom. The second-order valence-corrected chi connectivity index (χ2v) is 6.84. The van der Waals surface area contributed by atoms with E-state index in [-0.39, 0.29) is 18.2 Å². The number of benzene rings is 1. The van der Waals surface area contributed by atoms with Crippen LogP contribution in [0.15, 0.2) is 30.6 Å². The molecule has 1 aliphatic heterocycles. The van der Waals surface area contributed by atoms with Gasteiger partial charge in [0.25, 0.3) is 0 Å². The van der Waals surface area contributed by atoms with Crippen molar-refractivity contribution in [2.45, 2.75) is 25.2 Å². The summed E-state index contributed by atoms with van der Waals surface area (Å²) in [4.78, 5) is 4.73. The lowest BCUT2D eigenvalue weighted by molar-refractivity contribution is 0.0836. The summed E-state index contributed by atoms with van der Waals surface area (Å²) in [6.07, 6.45) is 5.61. The Labute approximate surface area is 155 Å². The SMILES string of the molecule is Cn1cc(-n2nc(C3CCOCC3)nc2Cc2c(F)cccc2Cl)cn1. The van der Waals surface area contributed by atoms with Crippen molar-refractivity contribution < 1.29 is 9.13 Å². The van der Waals surface area contributed by atoms with Crippen LogP contribution in [0.4, 0.5) is 4.39 Å². The van der Waals surface area contributed by atoms with Gasteiger partial charge in [0.2, 0.25) is 0 Å². The first kappa shape index (κ1) is 17.2. The van der Waals surface area contributed by atoms with Crippen LogP contribution in [-0.2, 0) is 18.2 Å². The number of halogens is 2. The fraction of sp³-hybridized carbons (Fsp3) is 0.389. The number of aromatic nitrogens is 5. The Hall–Kier alpha value is -2.25. The molecular weight excluding hydrogens is 357 g/mol. The largest absolute Gasteiger partial charge is 0.381 e. The maximum absolute atomic E-state index is 14.3. The molecule has 6 nitrogen and oxygen atoms in total. The lowest BCUT2D eigenvalue weighted by atomic mass is 10.00. The van der Waals surface area contributed by atoms with E-state index >= 15 is 0 Å². The molecule has 136 valence electrons. The number of hydrogen-bond acceptors (Lipinski definition) is 4. The summed E-state index contributed by atoms with van der Waals surface area (Å²) in [5.41, 5.74) is 1.21. The molecule has 8 heteroatoms. The molecule has 0 amide bonds. The van der Waals surface area contributed by atoms with Crippen LogP contribution in [0.2, 0.25) is 5.02 Å². The van der Waals surface area contributed by atoms with Gasteiger partial charge in [-0.1, -0.05) is 17.7 Å². The van der Waals surface area contributed by atoms with Gasteiger partial charge in [0, 0.05) is 43.2 Å². The zero-order valence-corrected chi connectivity index (χ0v) is 15.2. The van der Waals surface area contributed by atoms with Crippen LogP contribution in [0.3, 0.4) is 0 Å². The Morgan fingerprint density at radius 1 is 1.31 bits per heavy atom. The van der Waals surface area contributed by atoms with Gasteiger partial charge in [-0.25, -0.2) is 14.1 Å². The van der Waals surface area contributed by atoms with Crippen molar-refractivity contribution in [3.05, 3.63) is 58.6 Å². The van der Waals surface area contributed by atoms with E-state index in [1.54, 1.807) is 27.7 Å². The number of nitrogens with zero attached hydrogens (tertiary/aromatic N) is 5. The summed E-state index contributed by atoms with van der Waals surface area (Å²) in [5.74, 6) is 1.31. The molecule has 1 saturated heterocycles. The van der Waals surface area contributed by atoms with Crippen molar-refractivity contribution >= 4 is 11.6 Å². The normalized spacial score (nSPS) is 15.5.